The highest BCUT2D eigenvalue weighted by molar-refractivity contribution is 5.66. The van der Waals surface area contributed by atoms with Gasteiger partial charge in [-0.1, -0.05) is 60.4 Å². The van der Waals surface area contributed by atoms with E-state index in [4.69, 9.17) is 5.11 Å². The zero-order valence-corrected chi connectivity index (χ0v) is 17.4. The van der Waals surface area contributed by atoms with Gasteiger partial charge in [0.1, 0.15) is 0 Å². The lowest BCUT2D eigenvalue weighted by molar-refractivity contribution is -0.137. The van der Waals surface area contributed by atoms with E-state index in [1.165, 1.54) is 29.6 Å². The van der Waals surface area contributed by atoms with Crippen molar-refractivity contribution in [3.05, 3.63) is 82.4 Å². The summed E-state index contributed by atoms with van der Waals surface area (Å²) in [6.45, 7) is 0. The molecule has 0 aromatic heterocycles. The van der Waals surface area contributed by atoms with E-state index < -0.39 is 5.97 Å². The summed E-state index contributed by atoms with van der Waals surface area (Å²) in [6, 6.07) is 18.5. The van der Waals surface area contributed by atoms with Gasteiger partial charge in [0.2, 0.25) is 0 Å². The van der Waals surface area contributed by atoms with Crippen molar-refractivity contribution in [2.45, 2.75) is 57.8 Å². The fraction of sp³-hybridized carbons (Fsp3) is 0.321. The maximum absolute atomic E-state index is 10.6. The van der Waals surface area contributed by atoms with Gasteiger partial charge in [0.25, 0.3) is 0 Å². The maximum Gasteiger partial charge on any atom is 0.303 e. The Kier molecular flexibility index (Phi) is 8.37. The Morgan fingerprint density at radius 3 is 2.13 bits per heavy atom. The monoisotopic (exact) mass is 396 g/mol. The first-order valence-corrected chi connectivity index (χ1v) is 10.8. The first kappa shape index (κ1) is 21.5. The maximum atomic E-state index is 10.6. The van der Waals surface area contributed by atoms with Gasteiger partial charge >= 0.3 is 5.97 Å². The molecule has 2 aromatic rings. The molecule has 0 radical (unpaired) electrons. The zero-order valence-electron chi connectivity index (χ0n) is 17.4. The van der Waals surface area contributed by atoms with Gasteiger partial charge in [0.15, 0.2) is 0 Å². The Morgan fingerprint density at radius 1 is 0.767 bits per heavy atom. The number of aliphatic carboxylic acids is 1. The fourth-order valence-electron chi connectivity index (χ4n) is 3.58. The lowest BCUT2D eigenvalue weighted by Crippen LogP contribution is -1.97. The summed E-state index contributed by atoms with van der Waals surface area (Å²) in [5.41, 5.74) is 5.71. The van der Waals surface area contributed by atoms with E-state index in [9.17, 15) is 4.79 Å². The molecule has 0 saturated carbocycles. The van der Waals surface area contributed by atoms with Crippen molar-refractivity contribution in [1.29, 1.82) is 0 Å². The van der Waals surface area contributed by atoms with E-state index in [1.807, 2.05) is 30.3 Å². The molecule has 2 aromatic carbocycles. The third-order valence-corrected chi connectivity index (χ3v) is 5.24. The smallest absolute Gasteiger partial charge is 0.303 e. The summed E-state index contributed by atoms with van der Waals surface area (Å²) in [7, 11) is 0. The number of carbonyl (C=O) groups is 1. The minimum Gasteiger partial charge on any atom is -0.481 e. The van der Waals surface area contributed by atoms with Gasteiger partial charge in [-0.15, -0.1) is 0 Å². The summed E-state index contributed by atoms with van der Waals surface area (Å²) in [4.78, 5) is 10.6. The summed E-state index contributed by atoms with van der Waals surface area (Å²) in [5, 5.41) is 8.72. The highest BCUT2D eigenvalue weighted by Crippen LogP contribution is 2.24. The van der Waals surface area contributed by atoms with Crippen LogP contribution < -0.4 is 0 Å². The van der Waals surface area contributed by atoms with Gasteiger partial charge < -0.3 is 5.11 Å². The Balaban J connectivity index is 1.66. The average molecular weight is 397 g/mol. The van der Waals surface area contributed by atoms with Crippen molar-refractivity contribution in [2.24, 2.45) is 0 Å². The zero-order chi connectivity index (χ0) is 21.0. The Morgan fingerprint density at radius 2 is 1.43 bits per heavy atom. The molecule has 0 amide bonds. The predicted molar refractivity (Wildman–Crippen MR) is 122 cm³/mol. The van der Waals surface area contributed by atoms with Crippen LogP contribution in [0.25, 0.3) is 0 Å². The van der Waals surface area contributed by atoms with Crippen molar-refractivity contribution in [1.82, 2.24) is 0 Å². The molecule has 152 valence electrons. The number of carboxylic acid groups (broad SMARTS) is 1. The van der Waals surface area contributed by atoms with Crippen LogP contribution in [0.1, 0.15) is 68.1 Å². The molecule has 0 fully saturated rings. The van der Waals surface area contributed by atoms with Crippen molar-refractivity contribution in [2.75, 3.05) is 0 Å². The van der Waals surface area contributed by atoms with E-state index in [1.54, 1.807) is 0 Å². The second-order valence-corrected chi connectivity index (χ2v) is 7.69. The van der Waals surface area contributed by atoms with Crippen molar-refractivity contribution >= 4 is 5.97 Å². The molecule has 0 aliphatic heterocycles. The molecule has 0 unspecified atom stereocenters. The van der Waals surface area contributed by atoms with Gasteiger partial charge in [0, 0.05) is 28.7 Å². The predicted octanol–water partition coefficient (Wildman–Crippen LogP) is 6.15. The Hall–Kier alpha value is -3.23. The molecule has 0 heterocycles. The van der Waals surface area contributed by atoms with Crippen LogP contribution >= 0.6 is 0 Å². The van der Waals surface area contributed by atoms with Gasteiger partial charge in [-0.25, -0.2) is 0 Å². The first-order chi connectivity index (χ1) is 14.7. The van der Waals surface area contributed by atoms with Gasteiger partial charge in [0.05, 0.1) is 0 Å². The second kappa shape index (κ2) is 11.7. The molecule has 2 heteroatoms. The van der Waals surface area contributed by atoms with Crippen molar-refractivity contribution < 1.29 is 9.90 Å². The lowest BCUT2D eigenvalue weighted by Gasteiger charge is -2.11. The highest BCUT2D eigenvalue weighted by Gasteiger charge is 2.09. The molecule has 0 bridgehead atoms. The number of hydrogen-bond acceptors (Lipinski definition) is 1. The van der Waals surface area contributed by atoms with E-state index >= 15 is 0 Å². The molecule has 1 N–H and O–H groups in total. The van der Waals surface area contributed by atoms with Crippen LogP contribution in [0.15, 0.2) is 65.7 Å². The summed E-state index contributed by atoms with van der Waals surface area (Å²) >= 11 is 0. The van der Waals surface area contributed by atoms with Gasteiger partial charge in [-0.3, -0.25) is 4.79 Å². The quantitative estimate of drug-likeness (QED) is 0.470. The average Bonchev–Trinajstić information content (AvgIpc) is 2.77. The largest absolute Gasteiger partial charge is 0.481 e. The third-order valence-electron chi connectivity index (χ3n) is 5.24. The summed E-state index contributed by atoms with van der Waals surface area (Å²) < 4.78 is 0. The molecular weight excluding hydrogens is 368 g/mol. The summed E-state index contributed by atoms with van der Waals surface area (Å²) in [5.74, 6) is 12.7. The molecule has 0 saturated heterocycles. The Labute approximate surface area is 180 Å². The van der Waals surface area contributed by atoms with E-state index in [0.29, 0.717) is 0 Å². The number of unbranched alkanes of at least 4 members (excludes halogenated alkanes) is 2. The van der Waals surface area contributed by atoms with Crippen LogP contribution in [0.3, 0.4) is 0 Å². The van der Waals surface area contributed by atoms with Crippen LogP contribution in [0.4, 0.5) is 0 Å². The van der Waals surface area contributed by atoms with Crippen molar-refractivity contribution in [3.63, 3.8) is 0 Å². The highest BCUT2D eigenvalue weighted by atomic mass is 16.4. The second-order valence-electron chi connectivity index (χ2n) is 7.69. The fourth-order valence-corrected chi connectivity index (χ4v) is 3.58. The van der Waals surface area contributed by atoms with Gasteiger partial charge in [-0.05, 0) is 74.8 Å². The number of allylic oxidation sites excluding steroid dienone is 2. The summed E-state index contributed by atoms with van der Waals surface area (Å²) in [6.07, 6.45) is 8.30. The number of rotatable bonds is 6. The van der Waals surface area contributed by atoms with E-state index in [0.717, 1.165) is 49.7 Å². The molecule has 1 aliphatic rings. The van der Waals surface area contributed by atoms with Crippen molar-refractivity contribution in [3.8, 4) is 23.7 Å². The molecule has 3 rings (SSSR count). The van der Waals surface area contributed by atoms with Crippen LogP contribution in [0.5, 0.6) is 0 Å². The molecular formula is C28H28O2. The minimum atomic E-state index is -0.711. The number of benzene rings is 2. The number of carboxylic acids is 1. The normalized spacial score (nSPS) is 13.1. The first-order valence-electron chi connectivity index (χ1n) is 10.8. The molecule has 2 nitrogen and oxygen atoms in total. The topological polar surface area (TPSA) is 37.3 Å². The molecule has 1 aliphatic carbocycles. The number of hydrogen-bond donors (Lipinski definition) is 1. The van der Waals surface area contributed by atoms with E-state index in [2.05, 4.69) is 47.9 Å². The van der Waals surface area contributed by atoms with Crippen LogP contribution in [0, 0.1) is 23.7 Å². The van der Waals surface area contributed by atoms with Crippen LogP contribution in [0.2, 0.25) is 0 Å². The Bertz CT molecular complexity index is 1010. The molecule has 30 heavy (non-hydrogen) atoms. The van der Waals surface area contributed by atoms with Gasteiger partial charge in [-0.2, -0.15) is 0 Å². The van der Waals surface area contributed by atoms with Crippen LogP contribution in [-0.2, 0) is 11.2 Å². The third kappa shape index (κ3) is 7.31. The SMILES string of the molecule is O=C(O)CCCCCc1cccc(C#CC2=C(C#Cc3ccccc3)CCCC2)c1. The standard InChI is InChI=1S/C28H28O2/c29-28(30)17-6-2-5-12-24-13-9-14-25(22-24)19-21-27-16-8-7-15-26(27)20-18-23-10-3-1-4-11-23/h1,3-4,9-11,13-14,22H,2,5-8,12,15-17H2,(H,29,30). The molecule has 0 spiro atoms. The van der Waals surface area contributed by atoms with Crippen LogP contribution in [-0.4, -0.2) is 11.1 Å². The van der Waals surface area contributed by atoms with E-state index in [-0.39, 0.29) is 6.42 Å². The lowest BCUT2D eigenvalue weighted by atomic mass is 9.92. The molecule has 0 atom stereocenters. The minimum absolute atomic E-state index is 0.260. The number of aryl methyl sites for hydroxylation is 1.